The summed E-state index contributed by atoms with van der Waals surface area (Å²) in [6.45, 7) is 5.69. The molecule has 1 aliphatic heterocycles. The van der Waals surface area contributed by atoms with Gasteiger partial charge in [0, 0.05) is 24.8 Å². The largest absolute Gasteiger partial charge is 0.362 e. The molecule has 0 amide bonds. The van der Waals surface area contributed by atoms with Crippen molar-refractivity contribution in [2.24, 2.45) is 0 Å². The number of nitrogens with one attached hydrogen (secondary N) is 2. The van der Waals surface area contributed by atoms with Crippen molar-refractivity contribution in [1.29, 1.82) is 0 Å². The molecule has 1 saturated heterocycles. The predicted molar refractivity (Wildman–Crippen MR) is 94.8 cm³/mol. The standard InChI is InChI=1S/C17H27N3S/c1-2-16-11-6-7-13-20(16)14-8-12-18-17(21)19-15-9-4-3-5-10-15/h3-5,9-10,16H,2,6-8,11-14H2,1H3,(H2,18,19,21)/t16-/m1/s1. The molecule has 1 fully saturated rings. The van der Waals surface area contributed by atoms with E-state index in [0.29, 0.717) is 5.11 Å². The van der Waals surface area contributed by atoms with Gasteiger partial charge < -0.3 is 15.5 Å². The van der Waals surface area contributed by atoms with Gasteiger partial charge in [0.1, 0.15) is 0 Å². The maximum atomic E-state index is 5.32. The Balaban J connectivity index is 1.61. The van der Waals surface area contributed by atoms with E-state index in [0.717, 1.165) is 24.7 Å². The van der Waals surface area contributed by atoms with Gasteiger partial charge in [-0.05, 0) is 56.6 Å². The van der Waals surface area contributed by atoms with E-state index in [1.807, 2.05) is 30.3 Å². The van der Waals surface area contributed by atoms with Gasteiger partial charge in [0.05, 0.1) is 0 Å². The van der Waals surface area contributed by atoms with E-state index in [4.69, 9.17) is 12.2 Å². The molecule has 2 N–H and O–H groups in total. The Morgan fingerprint density at radius 1 is 1.29 bits per heavy atom. The van der Waals surface area contributed by atoms with Crippen LogP contribution in [0.4, 0.5) is 5.69 Å². The highest BCUT2D eigenvalue weighted by atomic mass is 32.1. The summed E-state index contributed by atoms with van der Waals surface area (Å²) in [7, 11) is 0. The van der Waals surface area contributed by atoms with Crippen molar-refractivity contribution < 1.29 is 0 Å². The number of anilines is 1. The number of nitrogens with zero attached hydrogens (tertiary/aromatic N) is 1. The molecule has 21 heavy (non-hydrogen) atoms. The minimum absolute atomic E-state index is 0.715. The van der Waals surface area contributed by atoms with Crippen LogP contribution in [0.5, 0.6) is 0 Å². The minimum atomic E-state index is 0.715. The number of thiocarbonyl (C=S) groups is 1. The molecule has 4 heteroatoms. The highest BCUT2D eigenvalue weighted by Gasteiger charge is 2.19. The Morgan fingerprint density at radius 2 is 2.10 bits per heavy atom. The number of hydrogen-bond donors (Lipinski definition) is 2. The summed E-state index contributed by atoms with van der Waals surface area (Å²) >= 11 is 5.32. The number of piperidine rings is 1. The molecular formula is C17H27N3S. The Bertz CT molecular complexity index is 421. The van der Waals surface area contributed by atoms with Crippen LogP contribution in [-0.4, -0.2) is 35.7 Å². The second kappa shape index (κ2) is 9.00. The third-order valence-corrected chi connectivity index (χ3v) is 4.41. The third kappa shape index (κ3) is 5.64. The highest BCUT2D eigenvalue weighted by Crippen LogP contribution is 2.19. The average Bonchev–Trinajstić information content (AvgIpc) is 2.53. The maximum Gasteiger partial charge on any atom is 0.170 e. The van der Waals surface area contributed by atoms with Gasteiger partial charge in [-0.3, -0.25) is 0 Å². The summed E-state index contributed by atoms with van der Waals surface area (Å²) < 4.78 is 0. The van der Waals surface area contributed by atoms with Gasteiger partial charge >= 0.3 is 0 Å². The van der Waals surface area contributed by atoms with Gasteiger partial charge in [-0.25, -0.2) is 0 Å². The molecule has 1 aliphatic rings. The van der Waals surface area contributed by atoms with Crippen molar-refractivity contribution in [2.75, 3.05) is 25.0 Å². The number of benzene rings is 1. The molecule has 3 nitrogen and oxygen atoms in total. The second-order valence-electron chi connectivity index (χ2n) is 5.69. The quantitative estimate of drug-likeness (QED) is 0.620. The molecule has 0 aliphatic carbocycles. The van der Waals surface area contributed by atoms with Gasteiger partial charge in [0.2, 0.25) is 0 Å². The van der Waals surface area contributed by atoms with Crippen LogP contribution in [-0.2, 0) is 0 Å². The zero-order valence-electron chi connectivity index (χ0n) is 13.0. The highest BCUT2D eigenvalue weighted by molar-refractivity contribution is 7.80. The van der Waals surface area contributed by atoms with Crippen molar-refractivity contribution in [3.05, 3.63) is 30.3 Å². The van der Waals surface area contributed by atoms with Crippen molar-refractivity contribution in [3.8, 4) is 0 Å². The topological polar surface area (TPSA) is 27.3 Å². The normalized spacial score (nSPS) is 19.2. The van der Waals surface area contributed by atoms with Crippen molar-refractivity contribution in [3.63, 3.8) is 0 Å². The van der Waals surface area contributed by atoms with Crippen molar-refractivity contribution in [2.45, 2.75) is 45.1 Å². The third-order valence-electron chi connectivity index (χ3n) is 4.16. The Morgan fingerprint density at radius 3 is 2.86 bits per heavy atom. The fourth-order valence-electron chi connectivity index (χ4n) is 3.00. The molecule has 1 aromatic rings. The second-order valence-corrected chi connectivity index (χ2v) is 6.10. The van der Waals surface area contributed by atoms with Gasteiger partial charge in [-0.15, -0.1) is 0 Å². The number of likely N-dealkylation sites (tertiary alicyclic amines) is 1. The van der Waals surface area contributed by atoms with Crippen LogP contribution in [0.3, 0.4) is 0 Å². The van der Waals surface area contributed by atoms with Gasteiger partial charge in [0.15, 0.2) is 5.11 Å². The summed E-state index contributed by atoms with van der Waals surface area (Å²) in [5.74, 6) is 0. The Hall–Kier alpha value is -1.13. The maximum absolute atomic E-state index is 5.32. The summed E-state index contributed by atoms with van der Waals surface area (Å²) in [6, 6.07) is 10.9. The molecule has 2 rings (SSSR count). The molecular weight excluding hydrogens is 278 g/mol. The zero-order valence-corrected chi connectivity index (χ0v) is 13.8. The first-order valence-corrected chi connectivity index (χ1v) is 8.54. The molecule has 0 aromatic heterocycles. The van der Waals surface area contributed by atoms with Crippen LogP contribution in [0.15, 0.2) is 30.3 Å². The molecule has 1 heterocycles. The van der Waals surface area contributed by atoms with Crippen LogP contribution in [0.25, 0.3) is 0 Å². The summed E-state index contributed by atoms with van der Waals surface area (Å²) in [5, 5.41) is 7.22. The van der Waals surface area contributed by atoms with E-state index in [1.54, 1.807) is 0 Å². The van der Waals surface area contributed by atoms with E-state index < -0.39 is 0 Å². The lowest BCUT2D eigenvalue weighted by Crippen LogP contribution is -2.40. The summed E-state index contributed by atoms with van der Waals surface area (Å²) in [4.78, 5) is 2.65. The predicted octanol–water partition coefficient (Wildman–Crippen LogP) is 3.63. The van der Waals surface area contributed by atoms with E-state index >= 15 is 0 Å². The molecule has 0 bridgehead atoms. The van der Waals surface area contributed by atoms with E-state index in [9.17, 15) is 0 Å². The fraction of sp³-hybridized carbons (Fsp3) is 0.588. The van der Waals surface area contributed by atoms with Gasteiger partial charge in [0.25, 0.3) is 0 Å². The lowest BCUT2D eigenvalue weighted by molar-refractivity contribution is 0.143. The molecule has 0 unspecified atom stereocenters. The first-order valence-electron chi connectivity index (χ1n) is 8.13. The lowest BCUT2D eigenvalue weighted by atomic mass is 10.00. The number of para-hydroxylation sites is 1. The van der Waals surface area contributed by atoms with Crippen LogP contribution in [0, 0.1) is 0 Å². The average molecular weight is 305 g/mol. The van der Waals surface area contributed by atoms with Gasteiger partial charge in [-0.1, -0.05) is 31.5 Å². The van der Waals surface area contributed by atoms with E-state index in [2.05, 4.69) is 22.5 Å². The Kier molecular flexibility index (Phi) is 6.96. The zero-order chi connectivity index (χ0) is 14.9. The Labute approximate surface area is 134 Å². The first-order chi connectivity index (χ1) is 10.3. The SMILES string of the molecule is CC[C@@H]1CCCCN1CCCNC(=S)Nc1ccccc1. The molecule has 1 aromatic carbocycles. The molecule has 0 saturated carbocycles. The molecule has 116 valence electrons. The van der Waals surface area contributed by atoms with Gasteiger partial charge in [-0.2, -0.15) is 0 Å². The van der Waals surface area contributed by atoms with Crippen LogP contribution in [0.1, 0.15) is 39.0 Å². The van der Waals surface area contributed by atoms with Crippen LogP contribution in [0.2, 0.25) is 0 Å². The molecule has 0 radical (unpaired) electrons. The monoisotopic (exact) mass is 305 g/mol. The smallest absolute Gasteiger partial charge is 0.170 e. The fourth-order valence-corrected chi connectivity index (χ4v) is 3.22. The van der Waals surface area contributed by atoms with E-state index in [1.165, 1.54) is 38.8 Å². The molecule has 1 atom stereocenters. The van der Waals surface area contributed by atoms with Crippen molar-refractivity contribution in [1.82, 2.24) is 10.2 Å². The lowest BCUT2D eigenvalue weighted by Gasteiger charge is -2.35. The van der Waals surface area contributed by atoms with Crippen LogP contribution < -0.4 is 10.6 Å². The van der Waals surface area contributed by atoms with Crippen LogP contribution >= 0.6 is 12.2 Å². The summed E-state index contributed by atoms with van der Waals surface area (Å²) in [5.41, 5.74) is 1.04. The van der Waals surface area contributed by atoms with Crippen molar-refractivity contribution >= 4 is 23.0 Å². The molecule has 0 spiro atoms. The number of rotatable bonds is 6. The summed E-state index contributed by atoms with van der Waals surface area (Å²) in [6.07, 6.45) is 6.56. The number of hydrogen-bond acceptors (Lipinski definition) is 2. The minimum Gasteiger partial charge on any atom is -0.362 e. The first kappa shape index (κ1) is 16.2. The van der Waals surface area contributed by atoms with E-state index in [-0.39, 0.29) is 0 Å².